The lowest BCUT2D eigenvalue weighted by molar-refractivity contribution is 0.0696. The van der Waals surface area contributed by atoms with Crippen LogP contribution in [0.15, 0.2) is 18.2 Å². The summed E-state index contributed by atoms with van der Waals surface area (Å²) in [6, 6.07) is 4.59. The molecule has 18 heavy (non-hydrogen) atoms. The molecule has 1 rings (SSSR count). The molecular formula is C13H19NO4. The van der Waals surface area contributed by atoms with Crippen LogP contribution in [0.4, 0.5) is 0 Å². The maximum atomic E-state index is 10.8. The van der Waals surface area contributed by atoms with Crippen LogP contribution in [0.25, 0.3) is 0 Å². The lowest BCUT2D eigenvalue weighted by Gasteiger charge is -2.13. The molecule has 0 aliphatic carbocycles. The topological polar surface area (TPSA) is 59.0 Å². The lowest BCUT2D eigenvalue weighted by Crippen LogP contribution is -2.15. The molecule has 0 unspecified atom stereocenters. The summed E-state index contributed by atoms with van der Waals surface area (Å²) in [5.41, 5.74) is 0.187. The van der Waals surface area contributed by atoms with Crippen LogP contribution in [-0.4, -0.2) is 50.3 Å². The molecule has 5 nitrogen and oxygen atoms in total. The largest absolute Gasteiger partial charge is 0.493 e. The Balaban J connectivity index is 2.62. The van der Waals surface area contributed by atoms with Crippen molar-refractivity contribution in [2.24, 2.45) is 0 Å². The van der Waals surface area contributed by atoms with Crippen molar-refractivity contribution in [2.75, 3.05) is 34.4 Å². The molecular weight excluding hydrogens is 234 g/mol. The zero-order chi connectivity index (χ0) is 13.5. The minimum Gasteiger partial charge on any atom is -0.493 e. The minimum absolute atomic E-state index is 0.187. The first-order chi connectivity index (χ1) is 8.54. The SMILES string of the molecule is COc1cc(C(=O)O)ccc1OCCCN(C)C. The molecule has 1 aromatic carbocycles. The van der Waals surface area contributed by atoms with E-state index in [1.807, 2.05) is 14.1 Å². The number of hydrogen-bond donors (Lipinski definition) is 1. The van der Waals surface area contributed by atoms with Gasteiger partial charge in [0.1, 0.15) is 0 Å². The molecule has 0 spiro atoms. The molecule has 0 saturated heterocycles. The molecule has 0 aliphatic rings. The van der Waals surface area contributed by atoms with Crippen LogP contribution in [0.3, 0.4) is 0 Å². The Morgan fingerprint density at radius 2 is 2.06 bits per heavy atom. The third-order valence-electron chi connectivity index (χ3n) is 2.42. The maximum Gasteiger partial charge on any atom is 0.335 e. The van der Waals surface area contributed by atoms with Gasteiger partial charge in [-0.2, -0.15) is 0 Å². The van der Waals surface area contributed by atoms with E-state index in [1.54, 1.807) is 6.07 Å². The normalized spacial score (nSPS) is 10.4. The summed E-state index contributed by atoms with van der Waals surface area (Å²) in [5, 5.41) is 8.87. The van der Waals surface area contributed by atoms with Crippen LogP contribution in [-0.2, 0) is 0 Å². The Kier molecular flexibility index (Phi) is 5.45. The van der Waals surface area contributed by atoms with Gasteiger partial charge in [0.05, 0.1) is 19.3 Å². The van der Waals surface area contributed by atoms with Crippen LogP contribution in [0.1, 0.15) is 16.8 Å². The average molecular weight is 253 g/mol. The van der Waals surface area contributed by atoms with Gasteiger partial charge in [0.25, 0.3) is 0 Å². The second kappa shape index (κ2) is 6.86. The summed E-state index contributed by atoms with van der Waals surface area (Å²) in [6.07, 6.45) is 0.900. The quantitative estimate of drug-likeness (QED) is 0.750. The van der Waals surface area contributed by atoms with Crippen molar-refractivity contribution >= 4 is 5.97 Å². The van der Waals surface area contributed by atoms with Gasteiger partial charge in [0.15, 0.2) is 11.5 Å². The molecule has 0 aliphatic heterocycles. The number of nitrogens with zero attached hydrogens (tertiary/aromatic N) is 1. The number of carboxylic acid groups (broad SMARTS) is 1. The lowest BCUT2D eigenvalue weighted by atomic mass is 10.2. The van der Waals surface area contributed by atoms with E-state index in [1.165, 1.54) is 19.2 Å². The van der Waals surface area contributed by atoms with Crippen molar-refractivity contribution in [3.05, 3.63) is 23.8 Å². The zero-order valence-corrected chi connectivity index (χ0v) is 11.0. The highest BCUT2D eigenvalue weighted by Crippen LogP contribution is 2.28. The van der Waals surface area contributed by atoms with Crippen molar-refractivity contribution in [3.63, 3.8) is 0 Å². The van der Waals surface area contributed by atoms with Crippen LogP contribution >= 0.6 is 0 Å². The Bertz CT molecular complexity index is 404. The van der Waals surface area contributed by atoms with Gasteiger partial charge in [0, 0.05) is 6.54 Å². The molecule has 0 atom stereocenters. The molecule has 1 aromatic rings. The number of ether oxygens (including phenoxy) is 2. The van der Waals surface area contributed by atoms with Crippen molar-refractivity contribution in [3.8, 4) is 11.5 Å². The average Bonchev–Trinajstić information content (AvgIpc) is 2.34. The van der Waals surface area contributed by atoms with Crippen molar-refractivity contribution in [1.82, 2.24) is 4.90 Å². The van der Waals surface area contributed by atoms with E-state index in [4.69, 9.17) is 14.6 Å². The molecule has 0 radical (unpaired) electrons. The van der Waals surface area contributed by atoms with E-state index in [2.05, 4.69) is 4.90 Å². The number of aromatic carboxylic acids is 1. The van der Waals surface area contributed by atoms with Crippen molar-refractivity contribution < 1.29 is 19.4 Å². The highest BCUT2D eigenvalue weighted by Gasteiger charge is 2.09. The number of methoxy groups -OCH3 is 1. The predicted molar refractivity (Wildman–Crippen MR) is 68.6 cm³/mol. The Morgan fingerprint density at radius 3 is 2.61 bits per heavy atom. The maximum absolute atomic E-state index is 10.8. The highest BCUT2D eigenvalue weighted by atomic mass is 16.5. The first-order valence-electron chi connectivity index (χ1n) is 5.73. The molecule has 5 heteroatoms. The minimum atomic E-state index is -0.979. The molecule has 1 N–H and O–H groups in total. The van der Waals surface area contributed by atoms with Crippen LogP contribution in [0.2, 0.25) is 0 Å². The first-order valence-corrected chi connectivity index (χ1v) is 5.73. The highest BCUT2D eigenvalue weighted by molar-refractivity contribution is 5.88. The number of benzene rings is 1. The monoisotopic (exact) mass is 253 g/mol. The van der Waals surface area contributed by atoms with E-state index in [0.29, 0.717) is 18.1 Å². The van der Waals surface area contributed by atoms with Crippen molar-refractivity contribution in [1.29, 1.82) is 0 Å². The third kappa shape index (κ3) is 4.25. The summed E-state index contributed by atoms with van der Waals surface area (Å²) in [5.74, 6) is 0.0356. The molecule has 0 heterocycles. The van der Waals surface area contributed by atoms with E-state index >= 15 is 0 Å². The standard InChI is InChI=1S/C13H19NO4/c1-14(2)7-4-8-18-11-6-5-10(13(15)16)9-12(11)17-3/h5-6,9H,4,7-8H2,1-3H3,(H,15,16). The molecule has 100 valence electrons. The predicted octanol–water partition coefficient (Wildman–Crippen LogP) is 1.72. The van der Waals surface area contributed by atoms with Gasteiger partial charge in [-0.3, -0.25) is 0 Å². The van der Waals surface area contributed by atoms with Crippen LogP contribution < -0.4 is 9.47 Å². The van der Waals surface area contributed by atoms with E-state index in [9.17, 15) is 4.79 Å². The molecule has 0 aromatic heterocycles. The number of rotatable bonds is 7. The fraction of sp³-hybridized carbons (Fsp3) is 0.462. The van der Waals surface area contributed by atoms with Gasteiger partial charge in [0.2, 0.25) is 0 Å². The zero-order valence-electron chi connectivity index (χ0n) is 11.0. The summed E-state index contributed by atoms with van der Waals surface area (Å²) in [4.78, 5) is 12.9. The van der Waals surface area contributed by atoms with Crippen LogP contribution in [0.5, 0.6) is 11.5 Å². The van der Waals surface area contributed by atoms with Gasteiger partial charge < -0.3 is 19.5 Å². The molecule has 0 amide bonds. The molecule has 0 bridgehead atoms. The second-order valence-electron chi connectivity index (χ2n) is 4.18. The number of hydrogen-bond acceptors (Lipinski definition) is 4. The Hall–Kier alpha value is -1.75. The summed E-state index contributed by atoms with van der Waals surface area (Å²) < 4.78 is 10.7. The van der Waals surface area contributed by atoms with Gasteiger partial charge in [-0.15, -0.1) is 0 Å². The van der Waals surface area contributed by atoms with E-state index in [0.717, 1.165) is 13.0 Å². The smallest absolute Gasteiger partial charge is 0.335 e. The summed E-state index contributed by atoms with van der Waals surface area (Å²) >= 11 is 0. The fourth-order valence-electron chi connectivity index (χ4n) is 1.48. The fourth-order valence-corrected chi connectivity index (χ4v) is 1.48. The number of carboxylic acids is 1. The van der Waals surface area contributed by atoms with E-state index < -0.39 is 5.97 Å². The Labute approximate surface area is 107 Å². The van der Waals surface area contributed by atoms with Gasteiger partial charge in [-0.1, -0.05) is 0 Å². The van der Waals surface area contributed by atoms with Crippen molar-refractivity contribution in [2.45, 2.75) is 6.42 Å². The van der Waals surface area contributed by atoms with Gasteiger partial charge >= 0.3 is 5.97 Å². The summed E-state index contributed by atoms with van der Waals surface area (Å²) in [6.45, 7) is 1.51. The van der Waals surface area contributed by atoms with Gasteiger partial charge in [-0.05, 0) is 38.7 Å². The second-order valence-corrected chi connectivity index (χ2v) is 4.18. The molecule has 0 saturated carbocycles. The first kappa shape index (κ1) is 14.3. The van der Waals surface area contributed by atoms with E-state index in [-0.39, 0.29) is 5.56 Å². The molecule has 0 fully saturated rings. The van der Waals surface area contributed by atoms with Crippen LogP contribution in [0, 0.1) is 0 Å². The Morgan fingerprint density at radius 1 is 1.33 bits per heavy atom. The third-order valence-corrected chi connectivity index (χ3v) is 2.42. The summed E-state index contributed by atoms with van der Waals surface area (Å²) in [7, 11) is 5.50. The number of carbonyl (C=O) groups is 1. The van der Waals surface area contributed by atoms with Gasteiger partial charge in [-0.25, -0.2) is 4.79 Å².